The van der Waals surface area contributed by atoms with Crippen LogP contribution in [0.1, 0.15) is 42.1 Å². The topological polar surface area (TPSA) is 188 Å². The van der Waals surface area contributed by atoms with Gasteiger partial charge in [0.05, 0.1) is 17.6 Å². The number of nitrogens with two attached hydrogens (primary N) is 1. The van der Waals surface area contributed by atoms with Crippen LogP contribution in [0.4, 0.5) is 0 Å². The van der Waals surface area contributed by atoms with E-state index in [1.54, 1.807) is 23.9 Å². The summed E-state index contributed by atoms with van der Waals surface area (Å²) in [7, 11) is 3.08. The molecule has 4 rings (SSSR count). The largest absolute Gasteiger partial charge is 0.508 e. The number of hydrogen-bond donors (Lipinski definition) is 5. The molecule has 0 bridgehead atoms. The average Bonchev–Trinajstić information content (AvgIpc) is 2.84. The third-order valence-corrected chi connectivity index (χ3v) is 9.38. The van der Waals surface area contributed by atoms with E-state index >= 15 is 0 Å². The summed E-state index contributed by atoms with van der Waals surface area (Å²) in [4.78, 5) is 53.8. The Hall–Kier alpha value is -2.93. The van der Waals surface area contributed by atoms with Crippen molar-refractivity contribution in [2.75, 3.05) is 25.6 Å². The second-order valence-electron chi connectivity index (χ2n) is 10.6. The van der Waals surface area contributed by atoms with Crippen LogP contribution in [0.2, 0.25) is 0 Å². The van der Waals surface area contributed by atoms with Crippen LogP contribution in [-0.2, 0) is 19.1 Å². The fraction of sp³-hybridized carbons (Fsp3) is 0.556. The van der Waals surface area contributed by atoms with Crippen molar-refractivity contribution in [2.45, 2.75) is 50.0 Å². The summed E-state index contributed by atoms with van der Waals surface area (Å²) in [5, 5.41) is 45.5. The molecule has 2 unspecified atom stereocenters. The van der Waals surface area contributed by atoms with Crippen molar-refractivity contribution in [3.63, 3.8) is 0 Å². The lowest BCUT2D eigenvalue weighted by Gasteiger charge is -2.57. The van der Waals surface area contributed by atoms with E-state index in [0.29, 0.717) is 11.3 Å². The van der Waals surface area contributed by atoms with Crippen LogP contribution in [-0.4, -0.2) is 98.2 Å². The van der Waals surface area contributed by atoms with Gasteiger partial charge in [-0.05, 0) is 37.9 Å². The molecule has 0 aliphatic heterocycles. The molecule has 212 valence electrons. The predicted octanol–water partition coefficient (Wildman–Crippen LogP) is 0.512. The van der Waals surface area contributed by atoms with Crippen molar-refractivity contribution in [1.82, 2.24) is 4.90 Å². The third-order valence-electron chi connectivity index (χ3n) is 8.09. The van der Waals surface area contributed by atoms with Gasteiger partial charge in [0, 0.05) is 36.1 Å². The number of esters is 1. The molecule has 11 nitrogen and oxygen atoms in total. The normalized spacial score (nSPS) is 33.9. The minimum absolute atomic E-state index is 0.0834. The van der Waals surface area contributed by atoms with E-state index in [-0.39, 0.29) is 16.9 Å². The van der Waals surface area contributed by atoms with Gasteiger partial charge in [-0.3, -0.25) is 19.2 Å². The SMILES string of the molecule is CCCSC[C@H]1c2cccc(O)c2C(=O)C2=C(O)[C@]3(O)C(=O)C(C(N)=O)C(O)[C@@H](N(C)C)[C@@H]3[C@@H](OC(C)=O)[C@@H]21. The molecule has 39 heavy (non-hydrogen) atoms. The van der Waals surface area contributed by atoms with E-state index < -0.39 is 76.7 Å². The van der Waals surface area contributed by atoms with Gasteiger partial charge >= 0.3 is 5.97 Å². The molecule has 3 aliphatic rings. The third kappa shape index (κ3) is 4.33. The fourth-order valence-corrected chi connectivity index (χ4v) is 7.71. The van der Waals surface area contributed by atoms with Gasteiger partial charge in [-0.25, -0.2) is 0 Å². The zero-order chi connectivity index (χ0) is 29.0. The summed E-state index contributed by atoms with van der Waals surface area (Å²) in [5.41, 5.74) is 2.58. The molecule has 0 heterocycles. The van der Waals surface area contributed by atoms with Gasteiger partial charge in [0.15, 0.2) is 17.2 Å². The molecule has 1 saturated carbocycles. The van der Waals surface area contributed by atoms with Gasteiger partial charge < -0.3 is 35.8 Å². The van der Waals surface area contributed by atoms with Gasteiger partial charge in [-0.15, -0.1) is 0 Å². The molecule has 1 aromatic rings. The number of aliphatic hydroxyl groups is 3. The molecular weight excluding hydrogens is 528 g/mol. The van der Waals surface area contributed by atoms with Crippen LogP contribution >= 0.6 is 11.8 Å². The zero-order valence-electron chi connectivity index (χ0n) is 22.2. The molecule has 0 spiro atoms. The van der Waals surface area contributed by atoms with E-state index in [1.807, 2.05) is 6.92 Å². The highest BCUT2D eigenvalue weighted by atomic mass is 32.2. The number of aromatic hydroxyl groups is 1. The number of rotatable bonds is 7. The summed E-state index contributed by atoms with van der Waals surface area (Å²) in [6.07, 6.45) is -2.22. The number of likely N-dealkylation sites (N-methyl/N-ethyl adjacent to an activating group) is 1. The summed E-state index contributed by atoms with van der Waals surface area (Å²) in [6, 6.07) is 3.39. The Labute approximate surface area is 230 Å². The Kier molecular flexibility index (Phi) is 7.87. The lowest BCUT2D eigenvalue weighted by molar-refractivity contribution is -0.202. The highest BCUT2D eigenvalue weighted by molar-refractivity contribution is 7.99. The second-order valence-corrected chi connectivity index (χ2v) is 11.7. The van der Waals surface area contributed by atoms with Crippen LogP contribution in [0.15, 0.2) is 29.5 Å². The van der Waals surface area contributed by atoms with E-state index in [9.17, 15) is 39.6 Å². The number of phenolic OH excluding ortho intramolecular Hbond substituents is 1. The summed E-state index contributed by atoms with van der Waals surface area (Å²) >= 11 is 1.56. The number of Topliss-reactive ketones (excluding diaryl/α,β-unsaturated/α-hetero) is 2. The van der Waals surface area contributed by atoms with Crippen molar-refractivity contribution in [2.24, 2.45) is 23.5 Å². The zero-order valence-corrected chi connectivity index (χ0v) is 23.0. The quantitative estimate of drug-likeness (QED) is 0.177. The minimum Gasteiger partial charge on any atom is -0.508 e. The molecule has 12 heteroatoms. The van der Waals surface area contributed by atoms with Gasteiger partial charge in [-0.1, -0.05) is 19.1 Å². The molecule has 1 fully saturated rings. The van der Waals surface area contributed by atoms with Crippen LogP contribution in [0.3, 0.4) is 0 Å². The number of fused-ring (bicyclic) bond motifs is 3. The molecule has 0 radical (unpaired) electrons. The monoisotopic (exact) mass is 562 g/mol. The Bertz CT molecular complexity index is 1250. The summed E-state index contributed by atoms with van der Waals surface area (Å²) in [6.45, 7) is 3.14. The number of hydrogen-bond acceptors (Lipinski definition) is 11. The van der Waals surface area contributed by atoms with Crippen LogP contribution in [0, 0.1) is 17.8 Å². The molecule has 1 aromatic carbocycles. The first kappa shape index (κ1) is 29.1. The van der Waals surface area contributed by atoms with Crippen LogP contribution in [0.25, 0.3) is 0 Å². The van der Waals surface area contributed by atoms with Crippen molar-refractivity contribution < 1.29 is 44.3 Å². The number of ether oxygens (including phenoxy) is 1. The Morgan fingerprint density at radius 3 is 2.44 bits per heavy atom. The summed E-state index contributed by atoms with van der Waals surface area (Å²) in [5.74, 6) is -9.27. The standard InChI is InChI=1S/C27H34N2O9S/c1-5-9-39-10-13-12-7-6-8-14(31)15(12)21(32)17-16(13)23(38-11(2)30)19-20(29(3)4)22(33)18(26(28)36)25(35)27(19,37)24(17)34/h6-8,13,16,18-20,22-23,31,33-34,37H,5,9-10H2,1-4H3,(H2,28,36)/t13-,16+,18?,19+,20-,22?,23-,27-/m0/s1. The van der Waals surface area contributed by atoms with E-state index in [0.717, 1.165) is 19.1 Å². The number of aliphatic hydroxyl groups excluding tert-OH is 2. The van der Waals surface area contributed by atoms with Gasteiger partial charge in [0.1, 0.15) is 23.5 Å². The van der Waals surface area contributed by atoms with Crippen molar-refractivity contribution >= 4 is 35.2 Å². The lowest BCUT2D eigenvalue weighted by Crippen LogP contribution is -2.74. The number of primary amides is 1. The molecule has 3 aliphatic carbocycles. The molecule has 1 amide bonds. The number of carbonyl (C=O) groups excluding carboxylic acids is 4. The fourth-order valence-electron chi connectivity index (χ4n) is 6.61. The summed E-state index contributed by atoms with van der Waals surface area (Å²) < 4.78 is 5.77. The first-order valence-electron chi connectivity index (χ1n) is 12.8. The van der Waals surface area contributed by atoms with Crippen molar-refractivity contribution in [1.29, 1.82) is 0 Å². The lowest BCUT2D eigenvalue weighted by atomic mass is 9.53. The maximum atomic E-state index is 13.9. The highest BCUT2D eigenvalue weighted by Gasteiger charge is 2.70. The minimum atomic E-state index is -2.89. The van der Waals surface area contributed by atoms with E-state index in [4.69, 9.17) is 10.5 Å². The number of carbonyl (C=O) groups is 4. The van der Waals surface area contributed by atoms with Gasteiger partial charge in [-0.2, -0.15) is 11.8 Å². The Balaban J connectivity index is 2.07. The average molecular weight is 563 g/mol. The molecule has 0 aromatic heterocycles. The van der Waals surface area contributed by atoms with Crippen LogP contribution in [0.5, 0.6) is 5.75 Å². The number of ketones is 2. The van der Waals surface area contributed by atoms with Crippen molar-refractivity contribution in [3.05, 3.63) is 40.7 Å². The Morgan fingerprint density at radius 1 is 1.21 bits per heavy atom. The smallest absolute Gasteiger partial charge is 0.302 e. The number of phenols is 1. The number of nitrogens with zero attached hydrogens (tertiary/aromatic N) is 1. The van der Waals surface area contributed by atoms with Crippen LogP contribution < -0.4 is 5.73 Å². The number of amides is 1. The van der Waals surface area contributed by atoms with Gasteiger partial charge in [0.25, 0.3) is 0 Å². The van der Waals surface area contributed by atoms with Crippen molar-refractivity contribution in [3.8, 4) is 5.75 Å². The molecule has 8 atom stereocenters. The molecule has 6 N–H and O–H groups in total. The number of benzene rings is 1. The number of thioether (sulfide) groups is 1. The van der Waals surface area contributed by atoms with E-state index in [1.165, 1.54) is 25.1 Å². The van der Waals surface area contributed by atoms with Gasteiger partial charge in [0.2, 0.25) is 5.91 Å². The first-order chi connectivity index (χ1) is 18.3. The second kappa shape index (κ2) is 10.6. The van der Waals surface area contributed by atoms with E-state index in [2.05, 4.69) is 0 Å². The Morgan fingerprint density at radius 2 is 1.87 bits per heavy atom. The molecular formula is C27H34N2O9S. The molecule has 0 saturated heterocycles. The maximum absolute atomic E-state index is 13.9. The predicted molar refractivity (Wildman–Crippen MR) is 141 cm³/mol. The first-order valence-corrected chi connectivity index (χ1v) is 13.9. The maximum Gasteiger partial charge on any atom is 0.302 e. The highest BCUT2D eigenvalue weighted by Crippen LogP contribution is 2.57.